The van der Waals surface area contributed by atoms with Gasteiger partial charge in [0, 0.05) is 108 Å². The normalized spacial score (nSPS) is 33.3. The number of imidazole rings is 1. The summed E-state index contributed by atoms with van der Waals surface area (Å²) in [5.41, 5.74) is 39.8. The molecule has 0 aromatic carbocycles. The third-order valence-electron chi connectivity index (χ3n) is 19.7. The van der Waals surface area contributed by atoms with Crippen molar-refractivity contribution in [2.24, 2.45) is 94.7 Å². The van der Waals surface area contributed by atoms with Crippen LogP contribution < -0.4 is 50.3 Å². The molecule has 17 N–H and O–H groups in total. The topological polar surface area (TPSA) is 541 Å². The molecule has 0 saturated carbocycles. The summed E-state index contributed by atoms with van der Waals surface area (Å²) in [6, 6.07) is -1.07. The molecule has 33 heteroatoms. The molecule has 0 spiro atoms. The second-order valence-electron chi connectivity index (χ2n) is 26.0. The molecule has 15 atom stereocenters. The van der Waals surface area contributed by atoms with Gasteiger partial charge in [-0.15, -0.1) is 0 Å². The maximum absolute atomic E-state index is 14.3. The van der Waals surface area contributed by atoms with E-state index >= 15 is 0 Å². The van der Waals surface area contributed by atoms with Crippen LogP contribution in [0.1, 0.15) is 139 Å². The molecule has 92 heavy (non-hydrogen) atoms. The van der Waals surface area contributed by atoms with E-state index in [4.69, 9.17) is 86.0 Å². The Morgan fingerprint density at radius 1 is 0.826 bits per heavy atom. The number of primary amides is 6. The number of nitrogens with two attached hydrogens (primary N) is 7. The molecule has 2 fully saturated rings. The number of amides is 7. The zero-order valence-corrected chi connectivity index (χ0v) is 54.8. The Kier molecular flexibility index (Phi) is 22.5. The van der Waals surface area contributed by atoms with E-state index in [1.807, 2.05) is 40.7 Å². The van der Waals surface area contributed by atoms with Crippen LogP contribution in [-0.4, -0.2) is 137 Å². The van der Waals surface area contributed by atoms with Gasteiger partial charge in [0.2, 0.25) is 41.4 Å². The molecule has 31 nitrogen and oxygen atoms in total. The Bertz CT molecular complexity index is 3550. The van der Waals surface area contributed by atoms with E-state index in [1.165, 1.54) is 24.1 Å². The van der Waals surface area contributed by atoms with Crippen molar-refractivity contribution in [3.8, 4) is 0 Å². The van der Waals surface area contributed by atoms with Crippen LogP contribution in [0.25, 0.3) is 16.5 Å². The summed E-state index contributed by atoms with van der Waals surface area (Å²) >= 11 is 0. The number of carbonyl (C=O) groups excluding carboxylic acids is 7. The fourth-order valence-electron chi connectivity index (χ4n) is 14.9. The number of fused-ring (bicyclic) bond motifs is 7. The number of carbonyl (C=O) groups is 7. The van der Waals surface area contributed by atoms with Gasteiger partial charge in [-0.2, -0.15) is 5.70 Å². The maximum atomic E-state index is 14.3. The number of aromatic nitrogens is 4. The van der Waals surface area contributed by atoms with E-state index in [-0.39, 0.29) is 111 Å². The van der Waals surface area contributed by atoms with Gasteiger partial charge in [-0.1, -0.05) is 40.7 Å². The number of nitrogens with one attached hydrogen (secondary N) is 1. The SMILES string of the molecule is C/C1=C2/[N-][C@H]([C@H](CC(N)=O)[C@@]2(C)CCC(=O)NC[C@H](C)OP(=O)([O-])O[C@H]2[C@@H](O)[C@@H](n3cnc4ncnc(N)c43)O[C@@H]2CO)[C@]2(C)N=C(/C(C)=C3N=C(/C=C4N=C1[C@@H](CCC(N)=O)C\4(C)C)[C@@H](CCC(N)=O)[C@]\3(C)CC(N)=O)[C@@H](CCC(N)=O)[C@]2(C)CC(N)=O.[C-]#N.[Co+2]. The zero-order valence-electron chi connectivity index (χ0n) is 52.8. The second kappa shape index (κ2) is 28.1. The van der Waals surface area contributed by atoms with Crippen molar-refractivity contribution in [3.05, 3.63) is 58.9 Å². The summed E-state index contributed by atoms with van der Waals surface area (Å²) < 4.78 is 31.3. The molecule has 2 saturated heterocycles. The van der Waals surface area contributed by atoms with E-state index in [0.29, 0.717) is 45.4 Å². The number of aliphatic hydroxyl groups excluding tert-OH is 2. The number of phosphoric ester groups is 1. The Labute approximate surface area is 542 Å². The smallest absolute Gasteiger partial charge is 0.756 e. The van der Waals surface area contributed by atoms with Crippen molar-refractivity contribution in [2.45, 2.75) is 175 Å². The summed E-state index contributed by atoms with van der Waals surface area (Å²) in [4.78, 5) is 135. The summed E-state index contributed by atoms with van der Waals surface area (Å²) in [6.45, 7) is 19.7. The molecule has 2 aromatic heterocycles. The molecular formula is C59H83CoN17O14P-. The van der Waals surface area contributed by atoms with Crippen LogP contribution in [0.5, 0.6) is 0 Å². The van der Waals surface area contributed by atoms with Gasteiger partial charge in [0.1, 0.15) is 36.5 Å². The molecule has 8 rings (SSSR count). The molecule has 1 radical (unpaired) electrons. The molecule has 6 aliphatic heterocycles. The van der Waals surface area contributed by atoms with Gasteiger partial charge in [-0.3, -0.25) is 57.7 Å². The Balaban J connectivity index is 0.00000444. The molecule has 6 aliphatic rings. The fraction of sp³-hybridized carbons (Fsp3) is 0.627. The third kappa shape index (κ3) is 14.1. The fourth-order valence-corrected chi connectivity index (χ4v) is 16.1. The Hall–Kier alpha value is -7.34. The van der Waals surface area contributed by atoms with Crippen LogP contribution in [0, 0.1) is 57.2 Å². The van der Waals surface area contributed by atoms with Crippen LogP contribution in [0.4, 0.5) is 5.82 Å². The van der Waals surface area contributed by atoms with E-state index < -0.39 is 143 Å². The monoisotopic (exact) mass is 1340 g/mol. The molecule has 8 bridgehead atoms. The van der Waals surface area contributed by atoms with Crippen molar-refractivity contribution in [2.75, 3.05) is 18.9 Å². The van der Waals surface area contributed by atoms with Gasteiger partial charge in [0.15, 0.2) is 17.7 Å². The molecule has 503 valence electrons. The number of nitrogens with zero attached hydrogens (tertiary/aromatic N) is 9. The largest absolute Gasteiger partial charge is 2.00 e. The maximum Gasteiger partial charge on any atom is 2.00 e. The van der Waals surface area contributed by atoms with Gasteiger partial charge in [0.05, 0.1) is 23.9 Å². The minimum absolute atomic E-state index is 0. The number of ether oxygens (including phenoxy) is 1. The molecule has 8 heterocycles. The number of aliphatic hydroxyl groups is 2. The predicted molar refractivity (Wildman–Crippen MR) is 327 cm³/mol. The molecule has 1 unspecified atom stereocenters. The first-order valence-corrected chi connectivity index (χ1v) is 31.3. The first-order valence-electron chi connectivity index (χ1n) is 29.8. The average molecular weight is 1340 g/mol. The third-order valence-corrected chi connectivity index (χ3v) is 20.8. The van der Waals surface area contributed by atoms with Crippen LogP contribution in [0.3, 0.4) is 0 Å². The summed E-state index contributed by atoms with van der Waals surface area (Å²) in [5, 5.41) is 36.1. The predicted octanol–water partition coefficient (Wildman–Crippen LogP) is 1.16. The summed E-state index contributed by atoms with van der Waals surface area (Å²) in [7, 11) is -5.36. The Morgan fingerprint density at radius 3 is 2.00 bits per heavy atom. The summed E-state index contributed by atoms with van der Waals surface area (Å²) in [5.74, 6) is -7.51. The van der Waals surface area contributed by atoms with E-state index in [1.54, 1.807) is 20.8 Å². The van der Waals surface area contributed by atoms with Gasteiger partial charge in [-0.05, 0) is 81.9 Å². The van der Waals surface area contributed by atoms with Crippen LogP contribution in [-0.2, 0) is 68.7 Å². The number of hydrogen-bond acceptors (Lipinski definition) is 22. The molecule has 2 aromatic rings. The first-order chi connectivity index (χ1) is 42.4. The number of hydrogen-bond donors (Lipinski definition) is 10. The Morgan fingerprint density at radius 2 is 1.42 bits per heavy atom. The number of aliphatic imine (C=N–C) groups is 3. The van der Waals surface area contributed by atoms with Gasteiger partial charge in [-0.25, -0.2) is 15.0 Å². The molecular weight excluding hydrogens is 1260 g/mol. The van der Waals surface area contributed by atoms with Gasteiger partial charge in [0.25, 0.3) is 7.82 Å². The first kappa shape index (κ1) is 73.7. The van der Waals surface area contributed by atoms with Crippen LogP contribution in [0.15, 0.2) is 61.9 Å². The number of allylic oxidation sites excluding steroid dienone is 6. The molecule has 0 aliphatic carbocycles. The molecule has 7 amide bonds. The number of anilines is 1. The quantitative estimate of drug-likeness (QED) is 0.0467. The number of nitrogen functional groups attached to an aromatic ring is 1. The number of phosphoric acid groups is 1. The van der Waals surface area contributed by atoms with Crippen molar-refractivity contribution < 1.29 is 83.8 Å². The minimum atomic E-state index is -5.36. The minimum Gasteiger partial charge on any atom is -0.756 e. The summed E-state index contributed by atoms with van der Waals surface area (Å²) in [6.07, 6.45) is -4.35. The van der Waals surface area contributed by atoms with E-state index in [2.05, 4.69) is 20.3 Å². The van der Waals surface area contributed by atoms with Crippen molar-refractivity contribution in [1.29, 1.82) is 5.26 Å². The zero-order chi connectivity index (χ0) is 67.8. The van der Waals surface area contributed by atoms with Crippen LogP contribution >= 0.6 is 7.82 Å². The van der Waals surface area contributed by atoms with E-state index in [0.717, 1.165) is 0 Å². The van der Waals surface area contributed by atoms with E-state index in [9.17, 15) is 53.2 Å². The van der Waals surface area contributed by atoms with Gasteiger partial charge < -0.3 is 91.5 Å². The second-order valence-corrected chi connectivity index (χ2v) is 27.3. The van der Waals surface area contributed by atoms with Gasteiger partial charge >= 0.3 is 16.8 Å². The number of rotatable bonds is 26. The van der Waals surface area contributed by atoms with Crippen LogP contribution in [0.2, 0.25) is 0 Å². The van der Waals surface area contributed by atoms with Crippen molar-refractivity contribution >= 4 is 83.3 Å². The van der Waals surface area contributed by atoms with Crippen molar-refractivity contribution in [1.82, 2.24) is 24.8 Å². The average Bonchev–Trinajstić information content (AvgIpc) is 1.53. The standard InChI is InChI=1S/C58H85N16O14P.CN.Co/c1-26(87-89(84,85)88-47-34(23-75)86-53(46(47)83)74-25-69-52-45(74)51(65)67-24-68-52)22-66-42(82)16-17-55(6)32(18-39(62)79)50-58(9)57(8,21-41(64)81)31(12-15-38(61)78)44(73-58)28(3)49-56(7,20-40(63)80)29(10-13-36(59)76)33(70-49)19-35-54(4,5)30(11-14-37(60)77)43(71-35)27(2)48(55)72-50;1-2;/h19,24-26,29-32,34,46-47,50,53,75,83H,10-18,20-23H2,1-9H3,(H17,59,60,61,62,63,64,65,66,67,68,70,71,72,73,76,77,78,79,80,81,82,84,85);;/q;-1;+2/p-2/t26-,29+,30+,31+,32-,34+,46+,47+,50+,53-,55+,56-,57-,58-;;/m0../s1. The van der Waals surface area contributed by atoms with Crippen molar-refractivity contribution in [3.63, 3.8) is 0 Å².